The average Bonchev–Trinajstić information content (AvgIpc) is 3.15. The minimum atomic E-state index is -0.304. The van der Waals surface area contributed by atoms with Crippen LogP contribution in [0.15, 0.2) is 35.5 Å². The molecule has 0 heterocycles. The summed E-state index contributed by atoms with van der Waals surface area (Å²) in [6.45, 7) is 9.65. The highest BCUT2D eigenvalue weighted by Gasteiger charge is 2.22. The smallest absolute Gasteiger partial charge is 0.334 e. The highest BCUT2D eigenvalue weighted by Crippen LogP contribution is 2.22. The number of rotatable bonds is 40. The Bertz CT molecular complexity index is 800. The standard InChI is InChI=1S/C48H88O4/c1-5-9-13-15-17-19-21-23-25-27-29-31-33-35-37-39-43-51-47(49)45(41-11-7-3)46(42-12-8-4)48(50)52-44-40-38-36-34-32-30-28-26-24-22-20-18-16-14-10-6-2/h23-26H,5-22,27-44H2,1-4H3/b25-23-,26-24-,46-45-. The summed E-state index contributed by atoms with van der Waals surface area (Å²) in [5.74, 6) is -0.608. The number of unbranched alkanes of at least 4 members (excludes halogenated alkanes) is 26. The summed E-state index contributed by atoms with van der Waals surface area (Å²) in [5, 5.41) is 0. The van der Waals surface area contributed by atoms with Gasteiger partial charge in [0.25, 0.3) is 0 Å². The largest absolute Gasteiger partial charge is 0.462 e. The lowest BCUT2D eigenvalue weighted by molar-refractivity contribution is -0.142. The molecule has 0 aromatic rings. The first-order valence-electron chi connectivity index (χ1n) is 23.0. The van der Waals surface area contributed by atoms with Gasteiger partial charge < -0.3 is 9.47 Å². The molecular weight excluding hydrogens is 641 g/mol. The monoisotopic (exact) mass is 729 g/mol. The zero-order valence-corrected chi connectivity index (χ0v) is 35.4. The third-order valence-corrected chi connectivity index (χ3v) is 10.2. The van der Waals surface area contributed by atoms with E-state index in [1.54, 1.807) is 0 Å². The lowest BCUT2D eigenvalue weighted by atomic mass is 9.98. The minimum absolute atomic E-state index is 0.304. The summed E-state index contributed by atoms with van der Waals surface area (Å²) >= 11 is 0. The van der Waals surface area contributed by atoms with Crippen molar-refractivity contribution in [2.24, 2.45) is 0 Å². The fraction of sp³-hybridized carbons (Fsp3) is 0.833. The second-order valence-corrected chi connectivity index (χ2v) is 15.3. The van der Waals surface area contributed by atoms with E-state index in [2.05, 4.69) is 52.0 Å². The molecule has 0 bridgehead atoms. The molecule has 0 aromatic heterocycles. The van der Waals surface area contributed by atoms with Gasteiger partial charge in [-0.15, -0.1) is 0 Å². The predicted octanol–water partition coefficient (Wildman–Crippen LogP) is 15.8. The first-order chi connectivity index (χ1) is 25.6. The Morgan fingerprint density at radius 1 is 0.327 bits per heavy atom. The molecule has 4 heteroatoms. The van der Waals surface area contributed by atoms with Gasteiger partial charge in [0.1, 0.15) is 0 Å². The van der Waals surface area contributed by atoms with Crippen LogP contribution in [-0.2, 0) is 19.1 Å². The number of hydrogen-bond acceptors (Lipinski definition) is 4. The van der Waals surface area contributed by atoms with Gasteiger partial charge in [-0.2, -0.15) is 0 Å². The van der Waals surface area contributed by atoms with Crippen LogP contribution in [0.4, 0.5) is 0 Å². The molecule has 0 amide bonds. The predicted molar refractivity (Wildman–Crippen MR) is 227 cm³/mol. The molecule has 304 valence electrons. The molecule has 0 saturated carbocycles. The van der Waals surface area contributed by atoms with Gasteiger partial charge in [0, 0.05) is 11.1 Å². The number of allylic oxidation sites excluding steroid dienone is 4. The quantitative estimate of drug-likeness (QED) is 0.0273. The van der Waals surface area contributed by atoms with Gasteiger partial charge in [0.15, 0.2) is 0 Å². The normalized spacial score (nSPS) is 12.2. The average molecular weight is 729 g/mol. The molecule has 0 atom stereocenters. The third kappa shape index (κ3) is 34.0. The van der Waals surface area contributed by atoms with Crippen molar-refractivity contribution in [3.05, 3.63) is 35.5 Å². The molecule has 52 heavy (non-hydrogen) atoms. The molecule has 4 nitrogen and oxygen atoms in total. The SMILES string of the molecule is CCCCCCCC/C=C\CCCCCCCCOC(=O)/C(CCCC)=C(/CCCC)C(=O)OCCCCCCCC/C=C\CCCCCCCC. The van der Waals surface area contributed by atoms with Crippen molar-refractivity contribution in [1.29, 1.82) is 0 Å². The van der Waals surface area contributed by atoms with Crippen LogP contribution in [0, 0.1) is 0 Å². The zero-order valence-electron chi connectivity index (χ0n) is 35.4. The summed E-state index contributed by atoms with van der Waals surface area (Å²) in [4.78, 5) is 26.5. The topological polar surface area (TPSA) is 52.6 Å². The molecule has 0 aliphatic heterocycles. The van der Waals surface area contributed by atoms with Gasteiger partial charge >= 0.3 is 11.9 Å². The molecule has 0 aliphatic carbocycles. The van der Waals surface area contributed by atoms with Crippen LogP contribution in [0.25, 0.3) is 0 Å². The van der Waals surface area contributed by atoms with Gasteiger partial charge in [0.2, 0.25) is 0 Å². The van der Waals surface area contributed by atoms with Gasteiger partial charge in [0.05, 0.1) is 13.2 Å². The molecule has 0 fully saturated rings. The molecular formula is C48H88O4. The first kappa shape index (κ1) is 50.2. The fourth-order valence-electron chi connectivity index (χ4n) is 6.66. The molecule has 0 saturated heterocycles. The van der Waals surface area contributed by atoms with E-state index in [0.717, 1.165) is 51.4 Å². The minimum Gasteiger partial charge on any atom is -0.462 e. The Morgan fingerprint density at radius 3 is 0.865 bits per heavy atom. The van der Waals surface area contributed by atoms with E-state index in [1.165, 1.54) is 154 Å². The van der Waals surface area contributed by atoms with E-state index in [9.17, 15) is 9.59 Å². The van der Waals surface area contributed by atoms with Crippen LogP contribution >= 0.6 is 0 Å². The van der Waals surface area contributed by atoms with E-state index in [1.807, 2.05) is 0 Å². The van der Waals surface area contributed by atoms with E-state index in [-0.39, 0.29) is 11.9 Å². The lowest BCUT2D eigenvalue weighted by Gasteiger charge is -2.15. The Balaban J connectivity index is 4.29. The number of carbonyl (C=O) groups excluding carboxylic acids is 2. The van der Waals surface area contributed by atoms with Crippen molar-refractivity contribution in [2.75, 3.05) is 13.2 Å². The van der Waals surface area contributed by atoms with Crippen molar-refractivity contribution in [1.82, 2.24) is 0 Å². The highest BCUT2D eigenvalue weighted by molar-refractivity contribution is 6.00. The van der Waals surface area contributed by atoms with Gasteiger partial charge in [-0.1, -0.05) is 180 Å². The maximum absolute atomic E-state index is 13.3. The van der Waals surface area contributed by atoms with Crippen LogP contribution in [0.2, 0.25) is 0 Å². The zero-order chi connectivity index (χ0) is 38.0. The van der Waals surface area contributed by atoms with Crippen LogP contribution in [-0.4, -0.2) is 25.2 Å². The maximum Gasteiger partial charge on any atom is 0.334 e. The number of ether oxygens (including phenoxy) is 2. The lowest BCUT2D eigenvalue weighted by Crippen LogP contribution is -2.18. The van der Waals surface area contributed by atoms with Crippen LogP contribution in [0.5, 0.6) is 0 Å². The molecule has 0 radical (unpaired) electrons. The number of carbonyl (C=O) groups is 2. The summed E-state index contributed by atoms with van der Waals surface area (Å²) in [6.07, 6.45) is 49.5. The fourth-order valence-corrected chi connectivity index (χ4v) is 6.66. The van der Waals surface area contributed by atoms with Crippen molar-refractivity contribution in [2.45, 2.75) is 246 Å². The van der Waals surface area contributed by atoms with Crippen LogP contribution in [0.3, 0.4) is 0 Å². The van der Waals surface area contributed by atoms with E-state index in [0.29, 0.717) is 37.2 Å². The number of hydrogen-bond donors (Lipinski definition) is 0. The van der Waals surface area contributed by atoms with Gasteiger partial charge in [-0.25, -0.2) is 9.59 Å². The molecule has 0 spiro atoms. The number of esters is 2. The Morgan fingerprint density at radius 2 is 0.577 bits per heavy atom. The van der Waals surface area contributed by atoms with E-state index in [4.69, 9.17) is 9.47 Å². The van der Waals surface area contributed by atoms with Crippen molar-refractivity contribution in [3.63, 3.8) is 0 Å². The first-order valence-corrected chi connectivity index (χ1v) is 23.0. The van der Waals surface area contributed by atoms with Crippen molar-refractivity contribution < 1.29 is 19.1 Å². The molecule has 0 rings (SSSR count). The summed E-state index contributed by atoms with van der Waals surface area (Å²) in [5.41, 5.74) is 1.12. The molecule has 0 unspecified atom stereocenters. The second kappa shape index (κ2) is 41.9. The third-order valence-electron chi connectivity index (χ3n) is 10.2. The van der Waals surface area contributed by atoms with Gasteiger partial charge in [-0.05, 0) is 89.9 Å². The molecule has 0 aliphatic rings. The summed E-state index contributed by atoms with van der Waals surface area (Å²) < 4.78 is 11.5. The Hall–Kier alpha value is -1.84. The van der Waals surface area contributed by atoms with Crippen LogP contribution < -0.4 is 0 Å². The van der Waals surface area contributed by atoms with Crippen LogP contribution in [0.1, 0.15) is 246 Å². The Labute approximate surface area is 324 Å². The van der Waals surface area contributed by atoms with Crippen molar-refractivity contribution >= 4 is 11.9 Å². The summed E-state index contributed by atoms with van der Waals surface area (Å²) in [7, 11) is 0. The second-order valence-electron chi connectivity index (χ2n) is 15.3. The van der Waals surface area contributed by atoms with E-state index >= 15 is 0 Å². The van der Waals surface area contributed by atoms with Crippen molar-refractivity contribution in [3.8, 4) is 0 Å². The highest BCUT2D eigenvalue weighted by atomic mass is 16.5. The summed E-state index contributed by atoms with van der Waals surface area (Å²) in [6, 6.07) is 0. The molecule has 0 N–H and O–H groups in total. The maximum atomic E-state index is 13.3. The van der Waals surface area contributed by atoms with Gasteiger partial charge in [-0.3, -0.25) is 0 Å². The Kier molecular flexibility index (Phi) is 40.4. The molecule has 0 aromatic carbocycles. The van der Waals surface area contributed by atoms with E-state index < -0.39 is 0 Å².